The van der Waals surface area contributed by atoms with Gasteiger partial charge in [0, 0.05) is 31.7 Å². The molecule has 0 aromatic heterocycles. The summed E-state index contributed by atoms with van der Waals surface area (Å²) in [5.41, 5.74) is 1.94. The van der Waals surface area contributed by atoms with E-state index in [1.54, 1.807) is 6.07 Å². The Labute approximate surface area is 160 Å². The highest BCUT2D eigenvalue weighted by atomic mass is 32.2. The Bertz CT molecular complexity index is 902. The number of nitrogens with one attached hydrogen (secondary N) is 1. The van der Waals surface area contributed by atoms with Gasteiger partial charge in [0.2, 0.25) is 0 Å². The van der Waals surface area contributed by atoms with Crippen LogP contribution in [0, 0.1) is 0 Å². The van der Waals surface area contributed by atoms with Crippen molar-refractivity contribution in [3.63, 3.8) is 0 Å². The summed E-state index contributed by atoms with van der Waals surface area (Å²) in [5.74, 6) is -0.0940. The van der Waals surface area contributed by atoms with Crippen LogP contribution in [-0.2, 0) is 10.0 Å². The minimum absolute atomic E-state index is 0.0940. The van der Waals surface area contributed by atoms with E-state index in [0.717, 1.165) is 38.4 Å². The topological polar surface area (TPSA) is 69.7 Å². The van der Waals surface area contributed by atoms with Crippen molar-refractivity contribution in [3.05, 3.63) is 54.1 Å². The Morgan fingerprint density at radius 2 is 1.63 bits per heavy atom. The first-order valence-corrected chi connectivity index (χ1v) is 10.6. The van der Waals surface area contributed by atoms with Crippen molar-refractivity contribution in [1.29, 1.82) is 0 Å². The average molecular weight is 388 g/mol. The molecule has 0 unspecified atom stereocenters. The summed E-state index contributed by atoms with van der Waals surface area (Å²) >= 11 is 0. The number of rotatable bonds is 6. The van der Waals surface area contributed by atoms with Crippen molar-refractivity contribution in [2.75, 3.05) is 42.3 Å². The molecule has 144 valence electrons. The molecule has 0 spiro atoms. The van der Waals surface area contributed by atoms with E-state index in [9.17, 15) is 13.2 Å². The van der Waals surface area contributed by atoms with E-state index in [-0.39, 0.29) is 10.7 Å². The molecule has 0 saturated carbocycles. The highest BCUT2D eigenvalue weighted by Gasteiger charge is 2.21. The Morgan fingerprint density at radius 3 is 2.22 bits per heavy atom. The van der Waals surface area contributed by atoms with Crippen LogP contribution in [0.25, 0.3) is 0 Å². The number of piperazine rings is 1. The second kappa shape index (κ2) is 8.10. The van der Waals surface area contributed by atoms with E-state index in [2.05, 4.69) is 21.4 Å². The summed E-state index contributed by atoms with van der Waals surface area (Å²) in [6.07, 6.45) is 0. The standard InChI is InChI=1S/C20H25N3O3S/c1-3-22-12-14-23(15-13-22)20-7-5-4-6-19(20)21-27(25,26)18-10-8-17(9-11-18)16(2)24/h4-11,21H,3,12-15H2,1-2H3. The lowest BCUT2D eigenvalue weighted by Crippen LogP contribution is -2.46. The summed E-state index contributed by atoms with van der Waals surface area (Å²) in [4.78, 5) is 16.1. The summed E-state index contributed by atoms with van der Waals surface area (Å²) < 4.78 is 28.3. The monoisotopic (exact) mass is 387 g/mol. The minimum Gasteiger partial charge on any atom is -0.367 e. The molecular formula is C20H25N3O3S. The highest BCUT2D eigenvalue weighted by Crippen LogP contribution is 2.29. The fraction of sp³-hybridized carbons (Fsp3) is 0.350. The van der Waals surface area contributed by atoms with E-state index in [1.807, 2.05) is 18.2 Å². The molecule has 0 aliphatic carbocycles. The lowest BCUT2D eigenvalue weighted by Gasteiger charge is -2.36. The van der Waals surface area contributed by atoms with Crippen LogP contribution in [0.5, 0.6) is 0 Å². The molecule has 3 rings (SSSR count). The summed E-state index contributed by atoms with van der Waals surface area (Å²) in [6, 6.07) is 13.5. The second-order valence-corrected chi connectivity index (χ2v) is 8.31. The first-order valence-electron chi connectivity index (χ1n) is 9.11. The molecule has 1 aliphatic heterocycles. The Kier molecular flexibility index (Phi) is 5.82. The molecule has 0 radical (unpaired) electrons. The summed E-state index contributed by atoms with van der Waals surface area (Å²) in [5, 5.41) is 0. The fourth-order valence-electron chi connectivity index (χ4n) is 3.21. The zero-order valence-electron chi connectivity index (χ0n) is 15.7. The van der Waals surface area contributed by atoms with Crippen LogP contribution in [-0.4, -0.2) is 51.8 Å². The molecule has 0 atom stereocenters. The van der Waals surface area contributed by atoms with Crippen LogP contribution < -0.4 is 9.62 Å². The van der Waals surface area contributed by atoms with Gasteiger partial charge in [0.1, 0.15) is 0 Å². The number of anilines is 2. The molecule has 1 heterocycles. The van der Waals surface area contributed by atoms with E-state index >= 15 is 0 Å². The Hall–Kier alpha value is -2.38. The van der Waals surface area contributed by atoms with Crippen molar-refractivity contribution < 1.29 is 13.2 Å². The van der Waals surface area contributed by atoms with Gasteiger partial charge in [-0.05, 0) is 37.7 Å². The molecule has 1 fully saturated rings. The average Bonchev–Trinajstić information content (AvgIpc) is 2.68. The third kappa shape index (κ3) is 4.48. The molecule has 0 bridgehead atoms. The van der Waals surface area contributed by atoms with E-state index < -0.39 is 10.0 Å². The Morgan fingerprint density at radius 1 is 1.00 bits per heavy atom. The molecule has 1 N–H and O–H groups in total. The SMILES string of the molecule is CCN1CCN(c2ccccc2NS(=O)(=O)c2ccc(C(C)=O)cc2)CC1. The normalized spacial score (nSPS) is 15.6. The number of likely N-dealkylation sites (N-methyl/N-ethyl adjacent to an activating group) is 1. The van der Waals surface area contributed by atoms with Gasteiger partial charge in [-0.3, -0.25) is 9.52 Å². The number of sulfonamides is 1. The van der Waals surface area contributed by atoms with Gasteiger partial charge in [0.25, 0.3) is 10.0 Å². The van der Waals surface area contributed by atoms with Gasteiger partial charge in [-0.1, -0.05) is 31.2 Å². The fourth-order valence-corrected chi connectivity index (χ4v) is 4.29. The van der Waals surface area contributed by atoms with E-state index in [0.29, 0.717) is 11.3 Å². The number of nitrogens with zero attached hydrogens (tertiary/aromatic N) is 2. The van der Waals surface area contributed by atoms with Crippen LogP contribution in [0.3, 0.4) is 0 Å². The minimum atomic E-state index is -3.73. The van der Waals surface area contributed by atoms with Crippen molar-refractivity contribution in [3.8, 4) is 0 Å². The second-order valence-electron chi connectivity index (χ2n) is 6.62. The maximum atomic E-state index is 12.8. The highest BCUT2D eigenvalue weighted by molar-refractivity contribution is 7.92. The van der Waals surface area contributed by atoms with Gasteiger partial charge >= 0.3 is 0 Å². The maximum Gasteiger partial charge on any atom is 0.261 e. The lowest BCUT2D eigenvalue weighted by atomic mass is 10.2. The maximum absolute atomic E-state index is 12.8. The molecule has 27 heavy (non-hydrogen) atoms. The van der Waals surface area contributed by atoms with Crippen LogP contribution >= 0.6 is 0 Å². The molecule has 2 aromatic carbocycles. The third-order valence-corrected chi connectivity index (χ3v) is 6.26. The van der Waals surface area contributed by atoms with E-state index in [1.165, 1.54) is 31.2 Å². The van der Waals surface area contributed by atoms with Crippen LogP contribution in [0.4, 0.5) is 11.4 Å². The summed E-state index contributed by atoms with van der Waals surface area (Å²) in [6.45, 7) is 8.28. The van der Waals surface area contributed by atoms with Crippen LogP contribution in [0.2, 0.25) is 0 Å². The number of hydrogen-bond donors (Lipinski definition) is 1. The van der Waals surface area contributed by atoms with Gasteiger partial charge in [-0.15, -0.1) is 0 Å². The first-order chi connectivity index (χ1) is 12.9. The van der Waals surface area contributed by atoms with Crippen molar-refractivity contribution in [1.82, 2.24) is 4.90 Å². The van der Waals surface area contributed by atoms with Gasteiger partial charge < -0.3 is 9.80 Å². The molecule has 7 heteroatoms. The number of ketones is 1. The number of hydrogen-bond acceptors (Lipinski definition) is 5. The van der Waals surface area contributed by atoms with Crippen molar-refractivity contribution >= 4 is 27.2 Å². The molecule has 1 saturated heterocycles. The number of benzene rings is 2. The number of Topliss-reactive ketones (excluding diaryl/α,β-unsaturated/α-hetero) is 1. The van der Waals surface area contributed by atoms with Crippen LogP contribution in [0.15, 0.2) is 53.4 Å². The third-order valence-electron chi connectivity index (χ3n) is 4.88. The van der Waals surface area contributed by atoms with Gasteiger partial charge in [-0.25, -0.2) is 8.42 Å². The smallest absolute Gasteiger partial charge is 0.261 e. The van der Waals surface area contributed by atoms with Crippen molar-refractivity contribution in [2.45, 2.75) is 18.7 Å². The zero-order chi connectivity index (χ0) is 19.4. The van der Waals surface area contributed by atoms with Crippen LogP contribution in [0.1, 0.15) is 24.2 Å². The van der Waals surface area contributed by atoms with Gasteiger partial charge in [0.05, 0.1) is 16.3 Å². The van der Waals surface area contributed by atoms with Gasteiger partial charge in [-0.2, -0.15) is 0 Å². The van der Waals surface area contributed by atoms with Crippen molar-refractivity contribution in [2.24, 2.45) is 0 Å². The zero-order valence-corrected chi connectivity index (χ0v) is 16.5. The molecule has 0 amide bonds. The molecule has 2 aromatic rings. The first kappa shape index (κ1) is 19.4. The molecular weight excluding hydrogens is 362 g/mol. The predicted octanol–water partition coefficient (Wildman–Crippen LogP) is 2.83. The molecule has 6 nitrogen and oxygen atoms in total. The predicted molar refractivity (Wildman–Crippen MR) is 108 cm³/mol. The number of carbonyl (C=O) groups is 1. The molecule has 1 aliphatic rings. The lowest BCUT2D eigenvalue weighted by molar-refractivity contribution is 0.101. The number of para-hydroxylation sites is 2. The Balaban J connectivity index is 1.82. The van der Waals surface area contributed by atoms with E-state index in [4.69, 9.17) is 0 Å². The van der Waals surface area contributed by atoms with Gasteiger partial charge in [0.15, 0.2) is 5.78 Å². The largest absolute Gasteiger partial charge is 0.367 e. The quantitative estimate of drug-likeness (QED) is 0.772. The summed E-state index contributed by atoms with van der Waals surface area (Å²) in [7, 11) is -3.73. The number of carbonyl (C=O) groups excluding carboxylic acids is 1.